The number of nitrogens with zero attached hydrogens (tertiary/aromatic N) is 2. The summed E-state index contributed by atoms with van der Waals surface area (Å²) in [5, 5.41) is 3.06. The predicted molar refractivity (Wildman–Crippen MR) is 128 cm³/mol. The number of amides is 2. The van der Waals surface area contributed by atoms with E-state index in [4.69, 9.17) is 9.47 Å². The Hall–Kier alpha value is -4.19. The molecule has 1 aliphatic heterocycles. The first kappa shape index (κ1) is 20.7. The lowest BCUT2D eigenvalue weighted by Crippen LogP contribution is -2.38. The lowest BCUT2D eigenvalue weighted by molar-refractivity contribution is 0.194. The van der Waals surface area contributed by atoms with Crippen LogP contribution in [0.1, 0.15) is 22.9 Å². The van der Waals surface area contributed by atoms with Crippen LogP contribution in [0.15, 0.2) is 91.1 Å². The van der Waals surface area contributed by atoms with Crippen LogP contribution in [0.5, 0.6) is 11.5 Å². The van der Waals surface area contributed by atoms with Crippen molar-refractivity contribution >= 4 is 11.7 Å². The third-order valence-corrected chi connectivity index (χ3v) is 5.99. The number of fused-ring (bicyclic) bond motifs is 3. The topological polar surface area (TPSA) is 55.7 Å². The van der Waals surface area contributed by atoms with Gasteiger partial charge in [-0.2, -0.15) is 0 Å². The Morgan fingerprint density at radius 2 is 1.70 bits per heavy atom. The largest absolute Gasteiger partial charge is 0.497 e. The molecule has 0 fully saturated rings. The van der Waals surface area contributed by atoms with Crippen LogP contribution in [0.3, 0.4) is 0 Å². The number of rotatable bonds is 4. The third-order valence-electron chi connectivity index (χ3n) is 5.99. The summed E-state index contributed by atoms with van der Waals surface area (Å²) in [7, 11) is 3.17. The molecule has 1 atom stereocenters. The highest BCUT2D eigenvalue weighted by atomic mass is 16.5. The average Bonchev–Trinajstić information content (AvgIpc) is 3.29. The van der Waals surface area contributed by atoms with Crippen molar-refractivity contribution in [3.63, 3.8) is 0 Å². The van der Waals surface area contributed by atoms with Crippen LogP contribution in [0, 0.1) is 0 Å². The number of carbonyl (C=O) groups is 1. The molecule has 3 aromatic carbocycles. The van der Waals surface area contributed by atoms with Gasteiger partial charge in [-0.1, -0.05) is 48.5 Å². The van der Waals surface area contributed by atoms with Gasteiger partial charge < -0.3 is 24.3 Å². The van der Waals surface area contributed by atoms with Crippen LogP contribution < -0.4 is 14.8 Å². The maximum absolute atomic E-state index is 13.8. The molecule has 1 aromatic heterocycles. The highest BCUT2D eigenvalue weighted by Gasteiger charge is 2.33. The minimum Gasteiger partial charge on any atom is -0.497 e. The lowest BCUT2D eigenvalue weighted by Gasteiger charge is -2.31. The van der Waals surface area contributed by atoms with Crippen LogP contribution in [0.2, 0.25) is 0 Å². The zero-order chi connectivity index (χ0) is 22.8. The molecule has 6 heteroatoms. The quantitative estimate of drug-likeness (QED) is 0.448. The average molecular weight is 440 g/mol. The zero-order valence-electron chi connectivity index (χ0n) is 18.6. The number of hydrogen-bond acceptors (Lipinski definition) is 3. The van der Waals surface area contributed by atoms with Crippen molar-refractivity contribution < 1.29 is 14.3 Å². The first-order chi connectivity index (χ1) is 16.2. The van der Waals surface area contributed by atoms with Gasteiger partial charge in [0.1, 0.15) is 11.5 Å². The van der Waals surface area contributed by atoms with Gasteiger partial charge in [0.25, 0.3) is 0 Å². The van der Waals surface area contributed by atoms with Gasteiger partial charge in [-0.25, -0.2) is 4.79 Å². The molecule has 1 aliphatic rings. The molecular formula is C27H25N3O3. The molecule has 0 saturated carbocycles. The van der Waals surface area contributed by atoms with Gasteiger partial charge in [0.05, 0.1) is 38.2 Å². The van der Waals surface area contributed by atoms with E-state index in [0.29, 0.717) is 23.7 Å². The van der Waals surface area contributed by atoms with Gasteiger partial charge in [-0.05, 0) is 41.5 Å². The molecule has 1 N–H and O–H groups in total. The number of benzene rings is 3. The smallest absolute Gasteiger partial charge is 0.323 e. The first-order valence-electron chi connectivity index (χ1n) is 10.8. The van der Waals surface area contributed by atoms with E-state index in [1.165, 1.54) is 0 Å². The third kappa shape index (κ3) is 3.80. The molecule has 0 saturated heterocycles. The monoisotopic (exact) mass is 439 g/mol. The Morgan fingerprint density at radius 3 is 2.48 bits per heavy atom. The molecule has 4 aromatic rings. The fourth-order valence-corrected chi connectivity index (χ4v) is 4.41. The second kappa shape index (κ2) is 8.74. The summed E-state index contributed by atoms with van der Waals surface area (Å²) in [6.45, 7) is 0.460. The van der Waals surface area contributed by atoms with E-state index in [1.807, 2.05) is 41.3 Å². The molecule has 2 amide bonds. The molecule has 6 nitrogen and oxygen atoms in total. The molecule has 0 bridgehead atoms. The molecule has 33 heavy (non-hydrogen) atoms. The van der Waals surface area contributed by atoms with Crippen LogP contribution in [0.25, 0.3) is 5.69 Å². The Kier molecular flexibility index (Phi) is 5.48. The minimum absolute atomic E-state index is 0.211. The number of methoxy groups -OCH3 is 2. The number of hydrogen-bond donors (Lipinski definition) is 1. The number of ether oxygens (including phenoxy) is 2. The molecule has 166 valence electrons. The van der Waals surface area contributed by atoms with Crippen LogP contribution >= 0.6 is 0 Å². The Balaban J connectivity index is 1.60. The fraction of sp³-hybridized carbons (Fsp3) is 0.148. The van der Waals surface area contributed by atoms with Gasteiger partial charge >= 0.3 is 6.03 Å². The van der Waals surface area contributed by atoms with Crippen molar-refractivity contribution in [3.05, 3.63) is 108 Å². The predicted octanol–water partition coefficient (Wildman–Crippen LogP) is 5.63. The Morgan fingerprint density at radius 1 is 0.909 bits per heavy atom. The summed E-state index contributed by atoms with van der Waals surface area (Å²) in [6, 6.07) is 27.3. The zero-order valence-corrected chi connectivity index (χ0v) is 18.6. The van der Waals surface area contributed by atoms with E-state index in [-0.39, 0.29) is 12.1 Å². The SMILES string of the molecule is COc1ccc(NC(=O)N2Cc3ccccc3-n3cccc3[C@H]2c2ccccc2)c(OC)c1. The standard InChI is InChI=1S/C27H25N3O3/c1-32-21-14-15-22(25(17-21)33-2)28-27(31)30-18-20-11-6-7-12-23(20)29-16-8-13-24(29)26(30)19-9-4-3-5-10-19/h3-17,26H,18H2,1-2H3,(H,28,31)/t26-/m1/s1. The van der Waals surface area contributed by atoms with E-state index in [0.717, 1.165) is 22.5 Å². The number of carbonyl (C=O) groups excluding carboxylic acids is 1. The Labute approximate surface area is 193 Å². The van der Waals surface area contributed by atoms with Crippen molar-refractivity contribution in [2.24, 2.45) is 0 Å². The van der Waals surface area contributed by atoms with Gasteiger partial charge in [-0.15, -0.1) is 0 Å². The summed E-state index contributed by atoms with van der Waals surface area (Å²) in [4.78, 5) is 15.7. The van der Waals surface area contributed by atoms with E-state index < -0.39 is 0 Å². The van der Waals surface area contributed by atoms with Gasteiger partial charge in [-0.3, -0.25) is 0 Å². The molecule has 0 radical (unpaired) electrons. The molecule has 0 unspecified atom stereocenters. The maximum atomic E-state index is 13.8. The maximum Gasteiger partial charge on any atom is 0.323 e. The van der Waals surface area contributed by atoms with Crippen LogP contribution in [-0.2, 0) is 6.54 Å². The molecule has 0 aliphatic carbocycles. The Bertz CT molecular complexity index is 1280. The number of nitrogens with one attached hydrogen (secondary N) is 1. The van der Waals surface area contributed by atoms with Crippen LogP contribution in [0.4, 0.5) is 10.5 Å². The van der Waals surface area contributed by atoms with Gasteiger partial charge in [0, 0.05) is 18.0 Å². The molecular weight excluding hydrogens is 414 g/mol. The number of para-hydroxylation sites is 1. The first-order valence-corrected chi connectivity index (χ1v) is 10.8. The summed E-state index contributed by atoms with van der Waals surface area (Å²) in [5.41, 5.74) is 4.81. The summed E-state index contributed by atoms with van der Waals surface area (Å²) < 4.78 is 13.0. The number of urea groups is 1. The van der Waals surface area contributed by atoms with Gasteiger partial charge in [0.15, 0.2) is 0 Å². The minimum atomic E-state index is -0.266. The number of anilines is 1. The van der Waals surface area contributed by atoms with E-state index in [9.17, 15) is 4.79 Å². The second-order valence-corrected chi connectivity index (χ2v) is 7.87. The normalized spacial score (nSPS) is 14.6. The molecule has 5 rings (SSSR count). The van der Waals surface area contributed by atoms with E-state index >= 15 is 0 Å². The van der Waals surface area contributed by atoms with Crippen molar-refractivity contribution in [2.45, 2.75) is 12.6 Å². The fourth-order valence-electron chi connectivity index (χ4n) is 4.41. The van der Waals surface area contributed by atoms with Crippen molar-refractivity contribution in [1.29, 1.82) is 0 Å². The lowest BCUT2D eigenvalue weighted by atomic mass is 10.0. The van der Waals surface area contributed by atoms with Crippen LogP contribution in [-0.4, -0.2) is 29.7 Å². The van der Waals surface area contributed by atoms with E-state index in [1.54, 1.807) is 32.4 Å². The molecule has 2 heterocycles. The second-order valence-electron chi connectivity index (χ2n) is 7.87. The van der Waals surface area contributed by atoms with Gasteiger partial charge in [0.2, 0.25) is 0 Å². The summed E-state index contributed by atoms with van der Waals surface area (Å²) in [6.07, 6.45) is 2.05. The highest BCUT2D eigenvalue weighted by Crippen LogP contribution is 2.37. The van der Waals surface area contributed by atoms with Crippen molar-refractivity contribution in [2.75, 3.05) is 19.5 Å². The molecule has 0 spiro atoms. The van der Waals surface area contributed by atoms with Crippen molar-refractivity contribution in [1.82, 2.24) is 9.47 Å². The van der Waals surface area contributed by atoms with E-state index in [2.05, 4.69) is 46.4 Å². The summed E-state index contributed by atoms with van der Waals surface area (Å²) >= 11 is 0. The van der Waals surface area contributed by atoms with Crippen molar-refractivity contribution in [3.8, 4) is 17.2 Å². The summed E-state index contributed by atoms with van der Waals surface area (Å²) in [5.74, 6) is 1.20. The number of aromatic nitrogens is 1. The highest BCUT2D eigenvalue weighted by molar-refractivity contribution is 5.92.